The van der Waals surface area contributed by atoms with Crippen molar-refractivity contribution in [2.24, 2.45) is 0 Å². The van der Waals surface area contributed by atoms with Crippen LogP contribution >= 0.6 is 0 Å². The van der Waals surface area contributed by atoms with Crippen molar-refractivity contribution in [1.82, 2.24) is 19.8 Å². The first-order chi connectivity index (χ1) is 12.0. The van der Waals surface area contributed by atoms with E-state index in [0.717, 1.165) is 30.7 Å². The Morgan fingerprint density at radius 3 is 2.88 bits per heavy atom. The minimum atomic E-state index is -0.238. The molecule has 2 aliphatic rings. The first-order valence-corrected chi connectivity index (χ1v) is 9.02. The lowest BCUT2D eigenvalue weighted by Crippen LogP contribution is -2.48. The van der Waals surface area contributed by atoms with Gasteiger partial charge in [0.25, 0.3) is 0 Å². The van der Waals surface area contributed by atoms with E-state index in [9.17, 15) is 9.59 Å². The highest BCUT2D eigenvalue weighted by Crippen LogP contribution is 2.22. The summed E-state index contributed by atoms with van der Waals surface area (Å²) in [6.45, 7) is 6.14. The Morgan fingerprint density at radius 2 is 2.08 bits per heavy atom. The van der Waals surface area contributed by atoms with Gasteiger partial charge in [-0.2, -0.15) is 0 Å². The Kier molecular flexibility index (Phi) is 5.63. The third-order valence-corrected chi connectivity index (χ3v) is 4.73. The summed E-state index contributed by atoms with van der Waals surface area (Å²) in [6, 6.07) is 1.91. The number of morpholine rings is 1. The van der Waals surface area contributed by atoms with Gasteiger partial charge in [0.15, 0.2) is 0 Å². The topological polar surface area (TPSA) is 75.6 Å². The quantitative estimate of drug-likeness (QED) is 0.827. The van der Waals surface area contributed by atoms with Crippen LogP contribution in [0, 0.1) is 13.8 Å². The standard InChI is InChI=1S/C18H26N4O3/c1-13-10-15(20-14(2)19-13)16-11-22(8-9-25-16)18(24)12-21-7-5-3-4-6-17(21)23/h10,16H,3-9,11-12H2,1-2H3/t16-/m1/s1. The van der Waals surface area contributed by atoms with Crippen LogP contribution in [-0.4, -0.2) is 64.4 Å². The Bertz CT molecular complexity index is 629. The van der Waals surface area contributed by atoms with Crippen LogP contribution < -0.4 is 0 Å². The second-order valence-corrected chi connectivity index (χ2v) is 6.81. The van der Waals surface area contributed by atoms with Crippen LogP contribution in [0.2, 0.25) is 0 Å². The van der Waals surface area contributed by atoms with Gasteiger partial charge in [0.2, 0.25) is 11.8 Å². The van der Waals surface area contributed by atoms with Gasteiger partial charge in [-0.15, -0.1) is 0 Å². The SMILES string of the molecule is Cc1cc([C@H]2CN(C(=O)CN3CCCCCC3=O)CCO2)nc(C)n1. The number of aromatic nitrogens is 2. The summed E-state index contributed by atoms with van der Waals surface area (Å²) in [5.41, 5.74) is 1.71. The maximum atomic E-state index is 12.7. The molecule has 0 aromatic carbocycles. The second-order valence-electron chi connectivity index (χ2n) is 6.81. The molecule has 0 N–H and O–H groups in total. The third kappa shape index (κ3) is 4.54. The minimum Gasteiger partial charge on any atom is -0.368 e. The molecule has 0 spiro atoms. The van der Waals surface area contributed by atoms with Crippen molar-refractivity contribution in [3.63, 3.8) is 0 Å². The van der Waals surface area contributed by atoms with E-state index in [1.54, 1.807) is 9.80 Å². The Balaban J connectivity index is 1.64. The summed E-state index contributed by atoms with van der Waals surface area (Å²) in [6.07, 6.45) is 3.28. The fraction of sp³-hybridized carbons (Fsp3) is 0.667. The molecule has 1 aromatic heterocycles. The molecule has 25 heavy (non-hydrogen) atoms. The molecular weight excluding hydrogens is 320 g/mol. The predicted molar refractivity (Wildman–Crippen MR) is 91.8 cm³/mol. The van der Waals surface area contributed by atoms with E-state index < -0.39 is 0 Å². The van der Waals surface area contributed by atoms with Crippen molar-refractivity contribution >= 4 is 11.8 Å². The number of nitrogens with zero attached hydrogens (tertiary/aromatic N) is 4. The van der Waals surface area contributed by atoms with Crippen LogP contribution in [0.3, 0.4) is 0 Å². The minimum absolute atomic E-state index is 0.00829. The molecule has 0 radical (unpaired) electrons. The van der Waals surface area contributed by atoms with Crippen molar-refractivity contribution < 1.29 is 14.3 Å². The summed E-state index contributed by atoms with van der Waals surface area (Å²) in [5.74, 6) is 0.793. The maximum absolute atomic E-state index is 12.7. The van der Waals surface area contributed by atoms with Gasteiger partial charge >= 0.3 is 0 Å². The van der Waals surface area contributed by atoms with Gasteiger partial charge in [0.1, 0.15) is 11.9 Å². The molecule has 0 saturated carbocycles. The normalized spacial score (nSPS) is 22.0. The fourth-order valence-corrected chi connectivity index (χ4v) is 3.43. The highest BCUT2D eigenvalue weighted by molar-refractivity contribution is 5.85. The largest absolute Gasteiger partial charge is 0.368 e. The van der Waals surface area contributed by atoms with E-state index in [2.05, 4.69) is 9.97 Å². The van der Waals surface area contributed by atoms with Gasteiger partial charge in [-0.3, -0.25) is 9.59 Å². The highest BCUT2D eigenvalue weighted by atomic mass is 16.5. The van der Waals surface area contributed by atoms with Crippen molar-refractivity contribution in [1.29, 1.82) is 0 Å². The molecule has 2 aliphatic heterocycles. The van der Waals surface area contributed by atoms with E-state index in [4.69, 9.17) is 4.74 Å². The molecule has 1 atom stereocenters. The average Bonchev–Trinajstić information content (AvgIpc) is 2.79. The van der Waals surface area contributed by atoms with Gasteiger partial charge in [-0.25, -0.2) is 9.97 Å². The molecule has 0 unspecified atom stereocenters. The zero-order valence-corrected chi connectivity index (χ0v) is 15.0. The summed E-state index contributed by atoms with van der Waals surface area (Å²) in [5, 5.41) is 0. The Hall–Kier alpha value is -2.02. The molecule has 3 rings (SSSR count). The number of amides is 2. The van der Waals surface area contributed by atoms with Crippen molar-refractivity contribution in [3.05, 3.63) is 23.3 Å². The monoisotopic (exact) mass is 346 g/mol. The van der Waals surface area contributed by atoms with Crippen LogP contribution in [0.1, 0.15) is 49.0 Å². The summed E-state index contributed by atoms with van der Waals surface area (Å²) in [4.78, 5) is 37.0. The molecule has 7 nitrogen and oxygen atoms in total. The van der Waals surface area contributed by atoms with Gasteiger partial charge in [-0.1, -0.05) is 6.42 Å². The molecule has 0 bridgehead atoms. The smallest absolute Gasteiger partial charge is 0.242 e. The number of aryl methyl sites for hydroxylation is 2. The number of hydrogen-bond donors (Lipinski definition) is 0. The lowest BCUT2D eigenvalue weighted by atomic mass is 10.1. The number of carbonyl (C=O) groups excluding carboxylic acids is 2. The molecule has 2 amide bonds. The highest BCUT2D eigenvalue weighted by Gasteiger charge is 2.29. The van der Waals surface area contributed by atoms with E-state index in [-0.39, 0.29) is 24.5 Å². The first kappa shape index (κ1) is 17.8. The molecule has 2 fully saturated rings. The van der Waals surface area contributed by atoms with Gasteiger partial charge in [0.05, 0.1) is 25.4 Å². The zero-order chi connectivity index (χ0) is 17.8. The molecule has 0 aliphatic carbocycles. The molecule has 7 heteroatoms. The van der Waals surface area contributed by atoms with E-state index in [0.29, 0.717) is 38.5 Å². The van der Waals surface area contributed by atoms with Crippen molar-refractivity contribution in [2.75, 3.05) is 32.8 Å². The fourth-order valence-electron chi connectivity index (χ4n) is 3.43. The molecule has 2 saturated heterocycles. The van der Waals surface area contributed by atoms with Crippen LogP contribution in [0.4, 0.5) is 0 Å². The number of ether oxygens (including phenoxy) is 1. The molecule has 136 valence electrons. The summed E-state index contributed by atoms with van der Waals surface area (Å²) in [7, 11) is 0. The van der Waals surface area contributed by atoms with Crippen molar-refractivity contribution in [2.45, 2.75) is 45.6 Å². The van der Waals surface area contributed by atoms with Gasteiger partial charge in [-0.05, 0) is 32.8 Å². The molecule has 1 aromatic rings. The molecular formula is C18H26N4O3. The number of rotatable bonds is 3. The average molecular weight is 346 g/mol. The number of carbonyl (C=O) groups is 2. The van der Waals surface area contributed by atoms with Crippen LogP contribution in [0.25, 0.3) is 0 Å². The van der Waals surface area contributed by atoms with E-state index >= 15 is 0 Å². The second kappa shape index (κ2) is 7.91. The third-order valence-electron chi connectivity index (χ3n) is 4.73. The first-order valence-electron chi connectivity index (χ1n) is 9.02. The summed E-state index contributed by atoms with van der Waals surface area (Å²) < 4.78 is 5.82. The number of hydrogen-bond acceptors (Lipinski definition) is 5. The Labute approximate surface area is 148 Å². The lowest BCUT2D eigenvalue weighted by Gasteiger charge is -2.34. The zero-order valence-electron chi connectivity index (χ0n) is 15.0. The predicted octanol–water partition coefficient (Wildman–Crippen LogP) is 1.40. The maximum Gasteiger partial charge on any atom is 0.242 e. The molecule has 3 heterocycles. The Morgan fingerprint density at radius 1 is 1.24 bits per heavy atom. The van der Waals surface area contributed by atoms with E-state index in [1.807, 2.05) is 19.9 Å². The lowest BCUT2D eigenvalue weighted by molar-refractivity contribution is -0.145. The van der Waals surface area contributed by atoms with Crippen LogP contribution in [0.15, 0.2) is 6.07 Å². The van der Waals surface area contributed by atoms with Gasteiger partial charge < -0.3 is 14.5 Å². The van der Waals surface area contributed by atoms with Crippen molar-refractivity contribution in [3.8, 4) is 0 Å². The summed E-state index contributed by atoms with van der Waals surface area (Å²) >= 11 is 0. The van der Waals surface area contributed by atoms with Crippen LogP contribution in [0.5, 0.6) is 0 Å². The number of likely N-dealkylation sites (tertiary alicyclic amines) is 1. The van der Waals surface area contributed by atoms with E-state index in [1.165, 1.54) is 0 Å². The van der Waals surface area contributed by atoms with Crippen LogP contribution in [-0.2, 0) is 14.3 Å². The van der Waals surface area contributed by atoms with Gasteiger partial charge in [0, 0.05) is 25.2 Å².